The van der Waals surface area contributed by atoms with Crippen molar-refractivity contribution in [3.05, 3.63) is 24.3 Å². The second-order valence-corrected chi connectivity index (χ2v) is 6.16. The van der Waals surface area contributed by atoms with Crippen molar-refractivity contribution in [2.75, 3.05) is 26.5 Å². The highest BCUT2D eigenvalue weighted by Gasteiger charge is 2.18. The predicted octanol–water partition coefficient (Wildman–Crippen LogP) is 0.620. The molecule has 7 heteroatoms. The summed E-state index contributed by atoms with van der Waals surface area (Å²) in [6.45, 7) is 2.14. The maximum atomic E-state index is 11.5. The third kappa shape index (κ3) is 4.82. The Balaban J connectivity index is 2.63. The summed E-state index contributed by atoms with van der Waals surface area (Å²) in [6.07, 6.45) is 1.14. The van der Waals surface area contributed by atoms with E-state index in [-0.39, 0.29) is 17.5 Å². The van der Waals surface area contributed by atoms with E-state index in [1.165, 1.54) is 12.1 Å². The van der Waals surface area contributed by atoms with Crippen molar-refractivity contribution in [3.8, 4) is 5.75 Å². The normalized spacial score (nSPS) is 12.8. The first kappa shape index (κ1) is 16.5. The Morgan fingerprint density at radius 1 is 1.30 bits per heavy atom. The molecule has 0 saturated heterocycles. The van der Waals surface area contributed by atoms with Crippen molar-refractivity contribution in [2.24, 2.45) is 0 Å². The second kappa shape index (κ2) is 7.25. The van der Waals surface area contributed by atoms with Crippen LogP contribution in [0.2, 0.25) is 0 Å². The van der Waals surface area contributed by atoms with E-state index >= 15 is 0 Å². The third-order valence-electron chi connectivity index (χ3n) is 2.59. The summed E-state index contributed by atoms with van der Waals surface area (Å²) >= 11 is 0. The molecule has 0 spiro atoms. The maximum Gasteiger partial charge on any atom is 0.326 e. The number of carbonyl (C=O) groups is 1. The topological polar surface area (TPSA) is 81.7 Å². The molecule has 6 nitrogen and oxygen atoms in total. The third-order valence-corrected chi connectivity index (χ3v) is 3.72. The van der Waals surface area contributed by atoms with Gasteiger partial charge in [0.2, 0.25) is 0 Å². The van der Waals surface area contributed by atoms with Crippen LogP contribution in [0.15, 0.2) is 29.2 Å². The molecule has 1 atom stereocenters. The van der Waals surface area contributed by atoms with Crippen LogP contribution in [0, 0.1) is 0 Å². The molecule has 0 saturated carbocycles. The summed E-state index contributed by atoms with van der Waals surface area (Å²) in [6, 6.07) is 5.46. The molecular formula is C13H19NO5S. The van der Waals surface area contributed by atoms with Gasteiger partial charge in [-0.2, -0.15) is 0 Å². The quantitative estimate of drug-likeness (QED) is 0.744. The first-order valence-corrected chi connectivity index (χ1v) is 8.04. The van der Waals surface area contributed by atoms with Crippen LogP contribution >= 0.6 is 0 Å². The molecule has 0 amide bonds. The first-order valence-electron chi connectivity index (χ1n) is 6.15. The fourth-order valence-corrected chi connectivity index (χ4v) is 2.11. The van der Waals surface area contributed by atoms with Gasteiger partial charge < -0.3 is 14.8 Å². The van der Waals surface area contributed by atoms with Gasteiger partial charge in [0.05, 0.1) is 11.5 Å². The van der Waals surface area contributed by atoms with Gasteiger partial charge >= 0.3 is 5.97 Å². The standard InChI is InChI=1S/C13H19NO5S/c1-4-18-13(15)12(14-2)9-19-10-5-7-11(8-6-10)20(3,16)17/h5-8,12,14H,4,9H2,1-3H3. The van der Waals surface area contributed by atoms with Crippen molar-refractivity contribution in [1.82, 2.24) is 5.32 Å². The highest BCUT2D eigenvalue weighted by Crippen LogP contribution is 2.16. The molecule has 1 unspecified atom stereocenters. The van der Waals surface area contributed by atoms with E-state index in [4.69, 9.17) is 9.47 Å². The number of rotatable bonds is 7. The van der Waals surface area contributed by atoms with E-state index in [1.807, 2.05) is 0 Å². The first-order chi connectivity index (χ1) is 9.38. The number of hydrogen-bond donors (Lipinski definition) is 1. The number of esters is 1. The molecule has 0 aliphatic carbocycles. The van der Waals surface area contributed by atoms with Crippen molar-refractivity contribution in [2.45, 2.75) is 17.9 Å². The minimum Gasteiger partial charge on any atom is -0.491 e. The fourth-order valence-electron chi connectivity index (χ4n) is 1.47. The van der Waals surface area contributed by atoms with Crippen LogP contribution in [0.4, 0.5) is 0 Å². The number of nitrogens with one attached hydrogen (secondary N) is 1. The van der Waals surface area contributed by atoms with E-state index in [1.54, 1.807) is 26.1 Å². The van der Waals surface area contributed by atoms with Gasteiger partial charge in [-0.05, 0) is 38.2 Å². The maximum absolute atomic E-state index is 11.5. The Morgan fingerprint density at radius 3 is 2.35 bits per heavy atom. The smallest absolute Gasteiger partial charge is 0.326 e. The number of likely N-dealkylation sites (N-methyl/N-ethyl adjacent to an activating group) is 1. The van der Waals surface area contributed by atoms with Crippen LogP contribution in [0.1, 0.15) is 6.92 Å². The van der Waals surface area contributed by atoms with Crippen LogP contribution in [0.3, 0.4) is 0 Å². The molecule has 1 aromatic rings. The Morgan fingerprint density at radius 2 is 1.90 bits per heavy atom. The minimum absolute atomic E-state index is 0.105. The number of ether oxygens (including phenoxy) is 2. The van der Waals surface area contributed by atoms with E-state index < -0.39 is 15.9 Å². The minimum atomic E-state index is -3.22. The zero-order valence-electron chi connectivity index (χ0n) is 11.8. The van der Waals surface area contributed by atoms with Gasteiger partial charge in [-0.3, -0.25) is 4.79 Å². The van der Waals surface area contributed by atoms with Crippen molar-refractivity contribution >= 4 is 15.8 Å². The average Bonchev–Trinajstić information content (AvgIpc) is 2.39. The number of carbonyl (C=O) groups excluding carboxylic acids is 1. The molecule has 0 heterocycles. The van der Waals surface area contributed by atoms with E-state index in [9.17, 15) is 13.2 Å². The van der Waals surface area contributed by atoms with Gasteiger partial charge in [0, 0.05) is 6.26 Å². The molecule has 0 aliphatic heterocycles. The summed E-state index contributed by atoms with van der Waals surface area (Å²) in [5, 5.41) is 2.80. The summed E-state index contributed by atoms with van der Waals surface area (Å²) in [7, 11) is -1.58. The van der Waals surface area contributed by atoms with Crippen LogP contribution in [0.25, 0.3) is 0 Å². The average molecular weight is 301 g/mol. The van der Waals surface area contributed by atoms with Gasteiger partial charge in [0.1, 0.15) is 18.4 Å². The highest BCUT2D eigenvalue weighted by molar-refractivity contribution is 7.90. The van der Waals surface area contributed by atoms with Gasteiger partial charge in [-0.25, -0.2) is 8.42 Å². The summed E-state index contributed by atoms with van der Waals surface area (Å²) < 4.78 is 32.9. The highest BCUT2D eigenvalue weighted by atomic mass is 32.2. The van der Waals surface area contributed by atoms with Gasteiger partial charge in [-0.1, -0.05) is 0 Å². The molecule has 0 bridgehead atoms. The monoisotopic (exact) mass is 301 g/mol. The summed E-state index contributed by atoms with van der Waals surface area (Å²) in [5.41, 5.74) is 0. The van der Waals surface area contributed by atoms with E-state index in [2.05, 4.69) is 5.32 Å². The van der Waals surface area contributed by atoms with Gasteiger partial charge in [-0.15, -0.1) is 0 Å². The Kier molecular flexibility index (Phi) is 5.97. The Bertz CT molecular complexity index is 538. The zero-order valence-corrected chi connectivity index (χ0v) is 12.6. The molecule has 0 aromatic heterocycles. The lowest BCUT2D eigenvalue weighted by atomic mass is 10.3. The van der Waals surface area contributed by atoms with E-state index in [0.717, 1.165) is 6.26 Å². The van der Waals surface area contributed by atoms with Crippen LogP contribution in [0.5, 0.6) is 5.75 Å². The SMILES string of the molecule is CCOC(=O)C(COc1ccc(S(C)(=O)=O)cc1)NC. The van der Waals surface area contributed by atoms with E-state index in [0.29, 0.717) is 12.4 Å². The lowest BCUT2D eigenvalue weighted by molar-refractivity contribution is -0.146. The van der Waals surface area contributed by atoms with Gasteiger partial charge in [0.25, 0.3) is 0 Å². The largest absolute Gasteiger partial charge is 0.491 e. The number of benzene rings is 1. The number of sulfone groups is 1. The van der Waals surface area contributed by atoms with Crippen molar-refractivity contribution in [3.63, 3.8) is 0 Å². The van der Waals surface area contributed by atoms with Crippen molar-refractivity contribution < 1.29 is 22.7 Å². The molecular weight excluding hydrogens is 282 g/mol. The molecule has 0 radical (unpaired) electrons. The van der Waals surface area contributed by atoms with Gasteiger partial charge in [0.15, 0.2) is 9.84 Å². The molecule has 0 fully saturated rings. The molecule has 112 valence electrons. The van der Waals surface area contributed by atoms with Crippen LogP contribution in [-0.4, -0.2) is 46.9 Å². The Hall–Kier alpha value is -1.60. The summed E-state index contributed by atoms with van der Waals surface area (Å²) in [4.78, 5) is 11.8. The molecule has 1 rings (SSSR count). The lowest BCUT2D eigenvalue weighted by Gasteiger charge is -2.15. The summed E-state index contributed by atoms with van der Waals surface area (Å²) in [5.74, 6) is 0.102. The molecule has 1 N–H and O–H groups in total. The molecule has 0 aliphatic rings. The fraction of sp³-hybridized carbons (Fsp3) is 0.462. The lowest BCUT2D eigenvalue weighted by Crippen LogP contribution is -2.40. The zero-order chi connectivity index (χ0) is 15.2. The Labute approximate surface area is 119 Å². The van der Waals surface area contributed by atoms with Crippen LogP contribution < -0.4 is 10.1 Å². The number of hydrogen-bond acceptors (Lipinski definition) is 6. The second-order valence-electron chi connectivity index (χ2n) is 4.15. The van der Waals surface area contributed by atoms with Crippen molar-refractivity contribution in [1.29, 1.82) is 0 Å². The molecule has 20 heavy (non-hydrogen) atoms. The van der Waals surface area contributed by atoms with Crippen LogP contribution in [-0.2, 0) is 19.4 Å². The predicted molar refractivity (Wildman–Crippen MR) is 74.5 cm³/mol. The molecule has 1 aromatic carbocycles.